The molecule has 1 fully saturated rings. The maximum Gasteiger partial charge on any atom is 0.0190 e. The third-order valence-electron chi connectivity index (χ3n) is 3.06. The van der Waals surface area contributed by atoms with Crippen molar-refractivity contribution >= 4 is 0 Å². The fourth-order valence-corrected chi connectivity index (χ4v) is 1.91. The molecule has 1 saturated heterocycles. The first-order valence-electron chi connectivity index (χ1n) is 5.61. The van der Waals surface area contributed by atoms with Crippen LogP contribution in [0.3, 0.4) is 0 Å². The summed E-state index contributed by atoms with van der Waals surface area (Å²) in [5.41, 5.74) is 1.38. The van der Waals surface area contributed by atoms with Gasteiger partial charge in [-0.15, -0.1) is 0 Å². The van der Waals surface area contributed by atoms with Gasteiger partial charge in [-0.2, -0.15) is 0 Å². The van der Waals surface area contributed by atoms with Gasteiger partial charge in [0.2, 0.25) is 0 Å². The minimum absolute atomic E-state index is 0.930. The molecule has 0 aromatic heterocycles. The number of hydrogen-bond donors (Lipinski definition) is 0. The Labute approximate surface area is 82.8 Å². The Morgan fingerprint density at radius 3 is 2.85 bits per heavy atom. The molecule has 0 aliphatic carbocycles. The lowest BCUT2D eigenvalue weighted by Gasteiger charge is -2.20. The van der Waals surface area contributed by atoms with Crippen molar-refractivity contribution in [3.05, 3.63) is 12.2 Å². The van der Waals surface area contributed by atoms with E-state index in [2.05, 4.69) is 25.3 Å². The predicted molar refractivity (Wildman–Crippen MR) is 58.9 cm³/mol. The maximum atomic E-state index is 4.08. The van der Waals surface area contributed by atoms with Crippen LogP contribution in [0.4, 0.5) is 0 Å². The fourth-order valence-electron chi connectivity index (χ4n) is 1.91. The third kappa shape index (κ3) is 3.95. The van der Waals surface area contributed by atoms with E-state index in [1.165, 1.54) is 37.9 Å². The first kappa shape index (κ1) is 10.8. The van der Waals surface area contributed by atoms with Crippen LogP contribution in [0.15, 0.2) is 12.2 Å². The van der Waals surface area contributed by atoms with Crippen LogP contribution >= 0.6 is 0 Å². The largest absolute Gasteiger partial charge is 0.299 e. The molecule has 0 saturated carbocycles. The van der Waals surface area contributed by atoms with Gasteiger partial charge in [-0.1, -0.05) is 26.0 Å². The van der Waals surface area contributed by atoms with Crippen LogP contribution in [0, 0.1) is 5.92 Å². The number of nitrogens with zero attached hydrogens (tertiary/aromatic N) is 1. The van der Waals surface area contributed by atoms with Gasteiger partial charge in [-0.3, -0.25) is 4.90 Å². The molecule has 0 amide bonds. The van der Waals surface area contributed by atoms with E-state index >= 15 is 0 Å². The lowest BCUT2D eigenvalue weighted by molar-refractivity contribution is 0.303. The Kier molecular flexibility index (Phi) is 4.51. The quantitative estimate of drug-likeness (QED) is 0.605. The van der Waals surface area contributed by atoms with E-state index in [1.54, 1.807) is 0 Å². The van der Waals surface area contributed by atoms with Gasteiger partial charge in [0.15, 0.2) is 0 Å². The molecule has 1 aliphatic heterocycles. The molecule has 0 spiro atoms. The topological polar surface area (TPSA) is 3.24 Å². The van der Waals surface area contributed by atoms with Crippen molar-refractivity contribution in [3.63, 3.8) is 0 Å². The lowest BCUT2D eigenvalue weighted by atomic mass is 10.0. The monoisotopic (exact) mass is 181 g/mol. The number of hydrogen-bond acceptors (Lipinski definition) is 1. The van der Waals surface area contributed by atoms with Crippen molar-refractivity contribution in [2.45, 2.75) is 39.5 Å². The van der Waals surface area contributed by atoms with E-state index < -0.39 is 0 Å². The summed E-state index contributed by atoms with van der Waals surface area (Å²) in [5, 5.41) is 0. The van der Waals surface area contributed by atoms with Gasteiger partial charge >= 0.3 is 0 Å². The van der Waals surface area contributed by atoms with E-state index in [0.717, 1.165) is 18.9 Å². The van der Waals surface area contributed by atoms with Gasteiger partial charge in [0.1, 0.15) is 0 Å². The molecule has 1 atom stereocenters. The number of rotatable bonds is 3. The first-order valence-corrected chi connectivity index (χ1v) is 5.61. The molecule has 0 N–H and O–H groups in total. The summed E-state index contributed by atoms with van der Waals surface area (Å²) < 4.78 is 0. The van der Waals surface area contributed by atoms with Crippen molar-refractivity contribution in [1.82, 2.24) is 4.90 Å². The standard InChI is InChI=1S/C12H23N/c1-4-11(2)10-13-8-5-6-12(3)7-9-13/h12H,2,4-10H2,1,3H3. The second-order valence-corrected chi connectivity index (χ2v) is 4.42. The van der Waals surface area contributed by atoms with Crippen molar-refractivity contribution in [2.75, 3.05) is 19.6 Å². The SMILES string of the molecule is C=C(CC)CN1CCCC(C)CC1. The summed E-state index contributed by atoms with van der Waals surface area (Å²) in [5.74, 6) is 0.930. The Balaban J connectivity index is 2.29. The molecule has 0 aromatic rings. The fraction of sp³-hybridized carbons (Fsp3) is 0.833. The second-order valence-electron chi connectivity index (χ2n) is 4.42. The highest BCUT2D eigenvalue weighted by Gasteiger charge is 2.13. The van der Waals surface area contributed by atoms with Crippen LogP contribution in [0.2, 0.25) is 0 Å². The Morgan fingerprint density at radius 1 is 1.38 bits per heavy atom. The minimum atomic E-state index is 0.930. The molecule has 0 radical (unpaired) electrons. The second kappa shape index (κ2) is 5.43. The zero-order valence-corrected chi connectivity index (χ0v) is 9.18. The minimum Gasteiger partial charge on any atom is -0.299 e. The van der Waals surface area contributed by atoms with Gasteiger partial charge in [-0.05, 0) is 44.7 Å². The third-order valence-corrected chi connectivity index (χ3v) is 3.06. The predicted octanol–water partition coefficient (Wildman–Crippen LogP) is 3.07. The van der Waals surface area contributed by atoms with Crippen LogP contribution in [0.25, 0.3) is 0 Å². The van der Waals surface area contributed by atoms with Crippen LogP contribution in [0.5, 0.6) is 0 Å². The van der Waals surface area contributed by atoms with Gasteiger partial charge in [0, 0.05) is 6.54 Å². The number of likely N-dealkylation sites (tertiary alicyclic amines) is 1. The normalized spacial score (nSPS) is 25.5. The zero-order chi connectivity index (χ0) is 9.68. The van der Waals surface area contributed by atoms with E-state index in [4.69, 9.17) is 0 Å². The van der Waals surface area contributed by atoms with E-state index in [1.807, 2.05) is 0 Å². The Hall–Kier alpha value is -0.300. The average molecular weight is 181 g/mol. The Bertz CT molecular complexity index is 163. The first-order chi connectivity index (χ1) is 6.22. The van der Waals surface area contributed by atoms with Gasteiger partial charge < -0.3 is 0 Å². The van der Waals surface area contributed by atoms with E-state index in [0.29, 0.717) is 0 Å². The lowest BCUT2D eigenvalue weighted by Crippen LogP contribution is -2.26. The molecular formula is C12H23N. The van der Waals surface area contributed by atoms with Gasteiger partial charge in [0.25, 0.3) is 0 Å². The average Bonchev–Trinajstić information content (AvgIpc) is 2.31. The summed E-state index contributed by atoms with van der Waals surface area (Å²) in [7, 11) is 0. The van der Waals surface area contributed by atoms with Crippen molar-refractivity contribution < 1.29 is 0 Å². The summed E-state index contributed by atoms with van der Waals surface area (Å²) in [6.45, 7) is 12.3. The van der Waals surface area contributed by atoms with Gasteiger partial charge in [-0.25, -0.2) is 0 Å². The molecule has 1 heterocycles. The summed E-state index contributed by atoms with van der Waals surface area (Å²) >= 11 is 0. The van der Waals surface area contributed by atoms with Crippen molar-refractivity contribution in [1.29, 1.82) is 0 Å². The van der Waals surface area contributed by atoms with E-state index in [-0.39, 0.29) is 0 Å². The maximum absolute atomic E-state index is 4.08. The highest BCUT2D eigenvalue weighted by atomic mass is 15.1. The molecule has 76 valence electrons. The summed E-state index contributed by atoms with van der Waals surface area (Å²) in [6.07, 6.45) is 5.29. The summed E-state index contributed by atoms with van der Waals surface area (Å²) in [6, 6.07) is 0. The van der Waals surface area contributed by atoms with Gasteiger partial charge in [0.05, 0.1) is 0 Å². The van der Waals surface area contributed by atoms with Crippen molar-refractivity contribution in [2.24, 2.45) is 5.92 Å². The molecule has 1 unspecified atom stereocenters. The molecule has 1 rings (SSSR count). The van der Waals surface area contributed by atoms with Crippen LogP contribution in [-0.2, 0) is 0 Å². The zero-order valence-electron chi connectivity index (χ0n) is 9.18. The Morgan fingerprint density at radius 2 is 2.15 bits per heavy atom. The molecule has 1 heteroatoms. The molecule has 0 aromatic carbocycles. The molecule has 1 nitrogen and oxygen atoms in total. The smallest absolute Gasteiger partial charge is 0.0190 e. The molecule has 1 aliphatic rings. The molecular weight excluding hydrogens is 158 g/mol. The summed E-state index contributed by atoms with van der Waals surface area (Å²) in [4.78, 5) is 2.56. The highest BCUT2D eigenvalue weighted by molar-refractivity contribution is 4.96. The highest BCUT2D eigenvalue weighted by Crippen LogP contribution is 2.17. The van der Waals surface area contributed by atoms with Crippen LogP contribution < -0.4 is 0 Å². The van der Waals surface area contributed by atoms with Crippen LogP contribution in [-0.4, -0.2) is 24.5 Å². The van der Waals surface area contributed by atoms with E-state index in [9.17, 15) is 0 Å². The molecule has 0 bridgehead atoms. The van der Waals surface area contributed by atoms with Crippen molar-refractivity contribution in [3.8, 4) is 0 Å². The molecule has 13 heavy (non-hydrogen) atoms. The van der Waals surface area contributed by atoms with Crippen LogP contribution in [0.1, 0.15) is 39.5 Å².